The van der Waals surface area contributed by atoms with Crippen molar-refractivity contribution in [3.63, 3.8) is 0 Å². The fourth-order valence-electron chi connectivity index (χ4n) is 2.85. The third-order valence-electron chi connectivity index (χ3n) is 3.97. The summed E-state index contributed by atoms with van der Waals surface area (Å²) in [4.78, 5) is 12.0. The maximum Gasteiger partial charge on any atom is 0.315 e. The summed E-state index contributed by atoms with van der Waals surface area (Å²) in [6, 6.07) is 6.35. The molecular weight excluding hydrogens is 252 g/mol. The van der Waals surface area contributed by atoms with Crippen LogP contribution in [0, 0.1) is 12.8 Å². The molecule has 0 heterocycles. The number of hydrogen-bond donors (Lipinski definition) is 3. The zero-order valence-electron chi connectivity index (χ0n) is 12.4. The van der Waals surface area contributed by atoms with Crippen LogP contribution in [0.1, 0.15) is 43.0 Å². The standard InChI is InChI=1S/C16H24N2O2/c1-10-4-5-13-9-11(2)15(14(13)8-10)18-16(20)17-12(3)6-7-19/h4-5,8,11-12,15,19H,6-7,9H2,1-3H3,(H2,17,18,20). The summed E-state index contributed by atoms with van der Waals surface area (Å²) in [5.74, 6) is 0.408. The van der Waals surface area contributed by atoms with E-state index >= 15 is 0 Å². The van der Waals surface area contributed by atoms with Crippen molar-refractivity contribution in [2.45, 2.75) is 45.7 Å². The van der Waals surface area contributed by atoms with Crippen LogP contribution in [0.3, 0.4) is 0 Å². The minimum atomic E-state index is -0.155. The highest BCUT2D eigenvalue weighted by Gasteiger charge is 2.30. The van der Waals surface area contributed by atoms with Crippen molar-refractivity contribution in [2.24, 2.45) is 5.92 Å². The van der Waals surface area contributed by atoms with Crippen molar-refractivity contribution in [1.29, 1.82) is 0 Å². The van der Waals surface area contributed by atoms with Gasteiger partial charge in [-0.1, -0.05) is 30.7 Å². The second-order valence-electron chi connectivity index (χ2n) is 5.89. The Hall–Kier alpha value is -1.55. The molecule has 1 aromatic rings. The van der Waals surface area contributed by atoms with Crippen molar-refractivity contribution in [3.8, 4) is 0 Å². The molecule has 1 aliphatic rings. The molecule has 4 nitrogen and oxygen atoms in total. The number of amides is 2. The van der Waals surface area contributed by atoms with Gasteiger partial charge in [0.2, 0.25) is 0 Å². The number of fused-ring (bicyclic) bond motifs is 1. The molecule has 1 aliphatic carbocycles. The molecule has 0 radical (unpaired) electrons. The number of hydrogen-bond acceptors (Lipinski definition) is 2. The van der Waals surface area contributed by atoms with E-state index in [0.29, 0.717) is 12.3 Å². The second-order valence-corrected chi connectivity index (χ2v) is 5.89. The molecule has 110 valence electrons. The predicted molar refractivity (Wildman–Crippen MR) is 79.6 cm³/mol. The maximum atomic E-state index is 12.0. The molecule has 2 rings (SSSR count). The third-order valence-corrected chi connectivity index (χ3v) is 3.97. The highest BCUT2D eigenvalue weighted by molar-refractivity contribution is 5.75. The number of aliphatic hydroxyl groups excluding tert-OH is 1. The molecule has 0 aliphatic heterocycles. The third kappa shape index (κ3) is 3.31. The number of rotatable bonds is 4. The van der Waals surface area contributed by atoms with Crippen LogP contribution in [0.25, 0.3) is 0 Å². The molecule has 3 atom stereocenters. The van der Waals surface area contributed by atoms with Gasteiger partial charge in [-0.15, -0.1) is 0 Å². The molecule has 0 fully saturated rings. The number of nitrogens with one attached hydrogen (secondary N) is 2. The van der Waals surface area contributed by atoms with Crippen molar-refractivity contribution in [2.75, 3.05) is 6.61 Å². The van der Waals surface area contributed by atoms with Crippen LogP contribution in [0.15, 0.2) is 18.2 Å². The van der Waals surface area contributed by atoms with Crippen LogP contribution < -0.4 is 10.6 Å². The Labute approximate surface area is 120 Å². The van der Waals surface area contributed by atoms with E-state index in [-0.39, 0.29) is 24.7 Å². The van der Waals surface area contributed by atoms with Crippen LogP contribution in [-0.2, 0) is 6.42 Å². The Kier molecular flexibility index (Phi) is 4.65. The van der Waals surface area contributed by atoms with Gasteiger partial charge in [0, 0.05) is 12.6 Å². The van der Waals surface area contributed by atoms with Gasteiger partial charge in [-0.05, 0) is 43.7 Å². The molecule has 3 unspecified atom stereocenters. The molecule has 2 amide bonds. The molecule has 0 spiro atoms. The Morgan fingerprint density at radius 3 is 2.95 bits per heavy atom. The fraction of sp³-hybridized carbons (Fsp3) is 0.562. The first-order valence-electron chi connectivity index (χ1n) is 7.28. The molecule has 0 saturated carbocycles. The van der Waals surface area contributed by atoms with Gasteiger partial charge >= 0.3 is 6.03 Å². The maximum absolute atomic E-state index is 12.0. The minimum absolute atomic E-state index is 0.0197. The van der Waals surface area contributed by atoms with Gasteiger partial charge < -0.3 is 15.7 Å². The van der Waals surface area contributed by atoms with E-state index < -0.39 is 0 Å². The summed E-state index contributed by atoms with van der Waals surface area (Å²) < 4.78 is 0. The number of urea groups is 1. The van der Waals surface area contributed by atoms with Crippen molar-refractivity contribution >= 4 is 6.03 Å². The first kappa shape index (κ1) is 14.9. The van der Waals surface area contributed by atoms with Crippen LogP contribution >= 0.6 is 0 Å². The lowest BCUT2D eigenvalue weighted by atomic mass is 10.0. The zero-order chi connectivity index (χ0) is 14.7. The average molecular weight is 276 g/mol. The van der Waals surface area contributed by atoms with Crippen molar-refractivity contribution in [1.82, 2.24) is 10.6 Å². The molecule has 3 N–H and O–H groups in total. The lowest BCUT2D eigenvalue weighted by molar-refractivity contribution is 0.224. The monoisotopic (exact) mass is 276 g/mol. The molecule has 0 saturated heterocycles. The van der Waals surface area contributed by atoms with Gasteiger partial charge in [-0.3, -0.25) is 0 Å². The molecule has 20 heavy (non-hydrogen) atoms. The van der Waals surface area contributed by atoms with Crippen LogP contribution in [-0.4, -0.2) is 23.8 Å². The molecule has 4 heteroatoms. The lowest BCUT2D eigenvalue weighted by Crippen LogP contribution is -2.43. The van der Waals surface area contributed by atoms with E-state index in [0.717, 1.165) is 6.42 Å². The lowest BCUT2D eigenvalue weighted by Gasteiger charge is -2.21. The first-order valence-corrected chi connectivity index (χ1v) is 7.28. The smallest absolute Gasteiger partial charge is 0.315 e. The van der Waals surface area contributed by atoms with E-state index in [1.165, 1.54) is 16.7 Å². The van der Waals surface area contributed by atoms with Gasteiger partial charge in [0.25, 0.3) is 0 Å². The van der Waals surface area contributed by atoms with Crippen LogP contribution in [0.4, 0.5) is 4.79 Å². The molecule has 0 bridgehead atoms. The summed E-state index contributed by atoms with van der Waals surface area (Å²) in [7, 11) is 0. The van der Waals surface area contributed by atoms with E-state index in [2.05, 4.69) is 42.7 Å². The van der Waals surface area contributed by atoms with Gasteiger partial charge in [0.1, 0.15) is 0 Å². The fourth-order valence-corrected chi connectivity index (χ4v) is 2.85. The number of carbonyl (C=O) groups excluding carboxylic acids is 1. The van der Waals surface area contributed by atoms with E-state index in [9.17, 15) is 4.79 Å². The molecule has 1 aromatic carbocycles. The van der Waals surface area contributed by atoms with Gasteiger partial charge in [-0.25, -0.2) is 4.79 Å². The van der Waals surface area contributed by atoms with Gasteiger partial charge in [-0.2, -0.15) is 0 Å². The largest absolute Gasteiger partial charge is 0.396 e. The summed E-state index contributed by atoms with van der Waals surface area (Å²) in [6.45, 7) is 6.22. The Morgan fingerprint density at radius 2 is 2.25 bits per heavy atom. The van der Waals surface area contributed by atoms with Gasteiger partial charge in [0.15, 0.2) is 0 Å². The predicted octanol–water partition coefficient (Wildman–Crippen LogP) is 2.30. The first-order chi connectivity index (χ1) is 9.51. The number of benzene rings is 1. The highest BCUT2D eigenvalue weighted by Crippen LogP contribution is 2.36. The minimum Gasteiger partial charge on any atom is -0.396 e. The Balaban J connectivity index is 2.03. The van der Waals surface area contributed by atoms with Crippen molar-refractivity contribution in [3.05, 3.63) is 34.9 Å². The summed E-state index contributed by atoms with van der Waals surface area (Å²) in [5, 5.41) is 14.8. The van der Waals surface area contributed by atoms with Crippen LogP contribution in [0.2, 0.25) is 0 Å². The number of carbonyl (C=O) groups is 1. The molecule has 0 aromatic heterocycles. The summed E-state index contributed by atoms with van der Waals surface area (Å²) in [5.41, 5.74) is 3.79. The summed E-state index contributed by atoms with van der Waals surface area (Å²) >= 11 is 0. The van der Waals surface area contributed by atoms with Gasteiger partial charge in [0.05, 0.1) is 6.04 Å². The molecular formula is C16H24N2O2. The Morgan fingerprint density at radius 1 is 1.50 bits per heavy atom. The summed E-state index contributed by atoms with van der Waals surface area (Å²) in [6.07, 6.45) is 1.58. The van der Waals surface area contributed by atoms with Crippen LogP contribution in [0.5, 0.6) is 0 Å². The van der Waals surface area contributed by atoms with E-state index in [4.69, 9.17) is 5.11 Å². The number of aliphatic hydroxyl groups is 1. The zero-order valence-corrected chi connectivity index (χ0v) is 12.4. The number of aryl methyl sites for hydroxylation is 1. The van der Waals surface area contributed by atoms with E-state index in [1.54, 1.807) is 0 Å². The Bertz CT molecular complexity index is 487. The average Bonchev–Trinajstić information content (AvgIpc) is 2.66. The normalized spacial score (nSPS) is 22.2. The van der Waals surface area contributed by atoms with Crippen molar-refractivity contribution < 1.29 is 9.90 Å². The quantitative estimate of drug-likeness (QED) is 0.790. The highest BCUT2D eigenvalue weighted by atomic mass is 16.3. The second kappa shape index (κ2) is 6.27. The van der Waals surface area contributed by atoms with E-state index in [1.807, 2.05) is 6.92 Å². The topological polar surface area (TPSA) is 61.4 Å². The SMILES string of the molecule is Cc1ccc2c(c1)C(NC(=O)NC(C)CCO)C(C)C2.